The quantitative estimate of drug-likeness (QED) is 0.896. The SMILES string of the molecule is Fc1cc(Br)ccc1Nc1ncncc1Br. The van der Waals surface area contributed by atoms with E-state index in [1.54, 1.807) is 18.3 Å². The van der Waals surface area contributed by atoms with Gasteiger partial charge in [0, 0.05) is 10.7 Å². The van der Waals surface area contributed by atoms with Crippen LogP contribution in [0.5, 0.6) is 0 Å². The van der Waals surface area contributed by atoms with Crippen molar-refractivity contribution in [2.24, 2.45) is 0 Å². The van der Waals surface area contributed by atoms with Gasteiger partial charge in [-0.3, -0.25) is 0 Å². The van der Waals surface area contributed by atoms with Crippen LogP contribution in [0.4, 0.5) is 15.9 Å². The van der Waals surface area contributed by atoms with Crippen molar-refractivity contribution in [1.82, 2.24) is 9.97 Å². The topological polar surface area (TPSA) is 37.8 Å². The molecule has 16 heavy (non-hydrogen) atoms. The first-order chi connectivity index (χ1) is 7.66. The molecule has 0 aliphatic heterocycles. The van der Waals surface area contributed by atoms with Crippen molar-refractivity contribution >= 4 is 43.4 Å². The zero-order valence-electron chi connectivity index (χ0n) is 7.92. The summed E-state index contributed by atoms with van der Waals surface area (Å²) in [7, 11) is 0. The molecule has 1 N–H and O–H groups in total. The molecule has 82 valence electrons. The molecule has 2 aromatic rings. The van der Waals surface area contributed by atoms with Crippen molar-refractivity contribution in [3.8, 4) is 0 Å². The first-order valence-electron chi connectivity index (χ1n) is 4.34. The van der Waals surface area contributed by atoms with E-state index in [2.05, 4.69) is 47.1 Å². The van der Waals surface area contributed by atoms with Crippen LogP contribution in [0.2, 0.25) is 0 Å². The Morgan fingerprint density at radius 3 is 2.75 bits per heavy atom. The van der Waals surface area contributed by atoms with Crippen LogP contribution in [0.1, 0.15) is 0 Å². The Morgan fingerprint density at radius 1 is 1.25 bits per heavy atom. The van der Waals surface area contributed by atoms with E-state index in [1.165, 1.54) is 12.4 Å². The molecule has 3 nitrogen and oxygen atoms in total. The maximum atomic E-state index is 13.5. The van der Waals surface area contributed by atoms with Crippen LogP contribution in [0, 0.1) is 5.82 Å². The van der Waals surface area contributed by atoms with Crippen molar-refractivity contribution in [2.45, 2.75) is 0 Å². The second kappa shape index (κ2) is 4.88. The number of halogens is 3. The highest BCUT2D eigenvalue weighted by Crippen LogP contribution is 2.25. The summed E-state index contributed by atoms with van der Waals surface area (Å²) >= 11 is 6.47. The van der Waals surface area contributed by atoms with Gasteiger partial charge in [0.15, 0.2) is 0 Å². The minimum absolute atomic E-state index is 0.347. The van der Waals surface area contributed by atoms with Gasteiger partial charge in [0.2, 0.25) is 0 Å². The predicted molar refractivity (Wildman–Crippen MR) is 67.1 cm³/mol. The van der Waals surface area contributed by atoms with Crippen molar-refractivity contribution < 1.29 is 4.39 Å². The van der Waals surface area contributed by atoms with Gasteiger partial charge in [-0.2, -0.15) is 0 Å². The molecule has 0 aliphatic rings. The Bertz CT molecular complexity index is 519. The summed E-state index contributed by atoms with van der Waals surface area (Å²) < 4.78 is 14.9. The maximum absolute atomic E-state index is 13.5. The lowest BCUT2D eigenvalue weighted by Gasteiger charge is -2.07. The Kier molecular flexibility index (Phi) is 3.50. The van der Waals surface area contributed by atoms with E-state index in [9.17, 15) is 4.39 Å². The molecule has 0 bridgehead atoms. The van der Waals surface area contributed by atoms with Crippen LogP contribution in [0.25, 0.3) is 0 Å². The lowest BCUT2D eigenvalue weighted by atomic mass is 10.3. The fourth-order valence-corrected chi connectivity index (χ4v) is 1.78. The molecule has 0 aliphatic carbocycles. The molecule has 0 fully saturated rings. The number of rotatable bonds is 2. The number of anilines is 2. The molecular weight excluding hydrogens is 341 g/mol. The summed E-state index contributed by atoms with van der Waals surface area (Å²) in [5, 5.41) is 2.87. The highest BCUT2D eigenvalue weighted by molar-refractivity contribution is 9.10. The van der Waals surface area contributed by atoms with Crippen LogP contribution in [-0.2, 0) is 0 Å². The van der Waals surface area contributed by atoms with Gasteiger partial charge in [-0.1, -0.05) is 15.9 Å². The number of hydrogen-bond donors (Lipinski definition) is 1. The average Bonchev–Trinajstić information content (AvgIpc) is 2.25. The van der Waals surface area contributed by atoms with E-state index < -0.39 is 0 Å². The molecule has 1 aromatic heterocycles. The average molecular weight is 347 g/mol. The number of hydrogen-bond acceptors (Lipinski definition) is 3. The number of benzene rings is 1. The van der Waals surface area contributed by atoms with Gasteiger partial charge in [0.1, 0.15) is 18.0 Å². The third-order valence-corrected chi connectivity index (χ3v) is 2.93. The van der Waals surface area contributed by atoms with Gasteiger partial charge in [0.25, 0.3) is 0 Å². The first-order valence-corrected chi connectivity index (χ1v) is 5.93. The van der Waals surface area contributed by atoms with E-state index in [0.717, 1.165) is 0 Å². The van der Waals surface area contributed by atoms with E-state index >= 15 is 0 Å². The van der Waals surface area contributed by atoms with Gasteiger partial charge < -0.3 is 5.32 Å². The Labute approximate surface area is 108 Å². The van der Waals surface area contributed by atoms with Gasteiger partial charge in [-0.25, -0.2) is 14.4 Å². The molecule has 0 amide bonds. The van der Waals surface area contributed by atoms with E-state index in [4.69, 9.17) is 0 Å². The molecular formula is C10H6Br2FN3. The van der Waals surface area contributed by atoms with E-state index in [0.29, 0.717) is 20.5 Å². The zero-order valence-corrected chi connectivity index (χ0v) is 11.1. The fraction of sp³-hybridized carbons (Fsp3) is 0. The summed E-state index contributed by atoms with van der Waals surface area (Å²) in [6.07, 6.45) is 2.98. The second-order valence-electron chi connectivity index (χ2n) is 2.97. The minimum atomic E-state index is -0.347. The van der Waals surface area contributed by atoms with Crippen LogP contribution in [0.3, 0.4) is 0 Å². The molecule has 0 unspecified atom stereocenters. The Balaban J connectivity index is 2.31. The molecule has 0 spiro atoms. The molecule has 0 radical (unpaired) electrons. The Hall–Kier alpha value is -1.01. The Morgan fingerprint density at radius 2 is 2.06 bits per heavy atom. The number of nitrogens with one attached hydrogen (secondary N) is 1. The summed E-state index contributed by atoms with van der Waals surface area (Å²) in [5.41, 5.74) is 0.364. The molecule has 0 saturated carbocycles. The maximum Gasteiger partial charge on any atom is 0.148 e. The monoisotopic (exact) mass is 345 g/mol. The highest BCUT2D eigenvalue weighted by Gasteiger charge is 2.06. The standard InChI is InChI=1S/C10H6Br2FN3/c11-6-1-2-9(8(13)3-6)16-10-7(12)4-14-5-15-10/h1-5H,(H,14,15,16). The van der Waals surface area contributed by atoms with E-state index in [-0.39, 0.29) is 5.82 Å². The molecule has 6 heteroatoms. The molecule has 1 heterocycles. The van der Waals surface area contributed by atoms with Crippen molar-refractivity contribution in [3.05, 3.63) is 45.5 Å². The fourth-order valence-electron chi connectivity index (χ4n) is 1.12. The third kappa shape index (κ3) is 2.56. The lowest BCUT2D eigenvalue weighted by molar-refractivity contribution is 0.631. The van der Waals surface area contributed by atoms with Gasteiger partial charge in [0.05, 0.1) is 10.2 Å². The van der Waals surface area contributed by atoms with Gasteiger partial charge in [-0.15, -0.1) is 0 Å². The molecule has 1 aromatic carbocycles. The lowest BCUT2D eigenvalue weighted by Crippen LogP contribution is -1.97. The minimum Gasteiger partial charge on any atom is -0.337 e. The normalized spacial score (nSPS) is 10.2. The summed E-state index contributed by atoms with van der Waals surface area (Å²) in [4.78, 5) is 7.81. The van der Waals surface area contributed by atoms with Crippen molar-refractivity contribution in [2.75, 3.05) is 5.32 Å². The predicted octanol–water partition coefficient (Wildman–Crippen LogP) is 3.88. The second-order valence-corrected chi connectivity index (χ2v) is 4.74. The summed E-state index contributed by atoms with van der Waals surface area (Å²) in [6, 6.07) is 4.77. The highest BCUT2D eigenvalue weighted by atomic mass is 79.9. The van der Waals surface area contributed by atoms with Gasteiger partial charge in [-0.05, 0) is 34.1 Å². The third-order valence-electron chi connectivity index (χ3n) is 1.85. The zero-order chi connectivity index (χ0) is 11.5. The van der Waals surface area contributed by atoms with Crippen LogP contribution < -0.4 is 5.32 Å². The molecule has 0 atom stereocenters. The first kappa shape index (κ1) is 11.5. The summed E-state index contributed by atoms with van der Waals surface area (Å²) in [6.45, 7) is 0. The van der Waals surface area contributed by atoms with Crippen molar-refractivity contribution in [3.63, 3.8) is 0 Å². The smallest absolute Gasteiger partial charge is 0.148 e. The summed E-state index contributed by atoms with van der Waals surface area (Å²) in [5.74, 6) is 0.177. The van der Waals surface area contributed by atoms with Crippen LogP contribution in [0.15, 0.2) is 39.7 Å². The van der Waals surface area contributed by atoms with E-state index in [1.807, 2.05) is 0 Å². The van der Waals surface area contributed by atoms with Gasteiger partial charge >= 0.3 is 0 Å². The van der Waals surface area contributed by atoms with Crippen molar-refractivity contribution in [1.29, 1.82) is 0 Å². The number of nitrogens with zero attached hydrogens (tertiary/aromatic N) is 2. The molecule has 2 rings (SSSR count). The van der Waals surface area contributed by atoms with Crippen LogP contribution >= 0.6 is 31.9 Å². The number of aromatic nitrogens is 2. The molecule has 0 saturated heterocycles. The largest absolute Gasteiger partial charge is 0.337 e. The van der Waals surface area contributed by atoms with Crippen LogP contribution in [-0.4, -0.2) is 9.97 Å².